The fourth-order valence-corrected chi connectivity index (χ4v) is 2.85. The summed E-state index contributed by atoms with van der Waals surface area (Å²) in [6.45, 7) is 1.92. The Hall–Kier alpha value is -1.43. The van der Waals surface area contributed by atoms with Gasteiger partial charge in [0.1, 0.15) is 0 Å². The first-order valence-corrected chi connectivity index (χ1v) is 7.38. The lowest BCUT2D eigenvalue weighted by atomic mass is 9.78. The molecule has 0 aromatic heterocycles. The highest BCUT2D eigenvalue weighted by atomic mass is 16.5. The second-order valence-electron chi connectivity index (χ2n) is 5.58. The van der Waals surface area contributed by atoms with Crippen LogP contribution in [0.2, 0.25) is 0 Å². The van der Waals surface area contributed by atoms with E-state index in [0.29, 0.717) is 6.61 Å². The van der Waals surface area contributed by atoms with E-state index in [2.05, 4.69) is 10.6 Å². The summed E-state index contributed by atoms with van der Waals surface area (Å²) < 4.78 is 5.28. The maximum atomic E-state index is 12.7. The van der Waals surface area contributed by atoms with Crippen LogP contribution in [0.1, 0.15) is 24.4 Å². The molecule has 0 bridgehead atoms. The maximum Gasteiger partial charge on any atom is 0.229 e. The Bertz CT molecular complexity index is 439. The van der Waals surface area contributed by atoms with E-state index in [1.807, 2.05) is 30.3 Å². The highest BCUT2D eigenvalue weighted by Crippen LogP contribution is 2.30. The average Bonchev–Trinajstić information content (AvgIpc) is 2.54. The lowest BCUT2D eigenvalue weighted by Crippen LogP contribution is -2.51. The molecule has 0 spiro atoms. The molecule has 1 aliphatic heterocycles. The van der Waals surface area contributed by atoms with Crippen LogP contribution in [0.4, 0.5) is 0 Å². The first-order chi connectivity index (χ1) is 10.2. The Morgan fingerprint density at radius 3 is 2.62 bits per heavy atom. The number of methoxy groups -OCH3 is 1. The smallest absolute Gasteiger partial charge is 0.229 e. The summed E-state index contributed by atoms with van der Waals surface area (Å²) in [5.74, 6) is -0.0336. The van der Waals surface area contributed by atoms with Crippen LogP contribution < -0.4 is 10.6 Å². The second-order valence-corrected chi connectivity index (χ2v) is 5.58. The Kier molecular flexibility index (Phi) is 5.73. The largest absolute Gasteiger partial charge is 0.394 e. The molecule has 0 radical (unpaired) electrons. The number of benzene rings is 1. The van der Waals surface area contributed by atoms with Crippen molar-refractivity contribution in [1.29, 1.82) is 0 Å². The molecule has 3 N–H and O–H groups in total. The van der Waals surface area contributed by atoms with Crippen LogP contribution in [-0.4, -0.2) is 44.4 Å². The van der Waals surface area contributed by atoms with Crippen LogP contribution in [0.15, 0.2) is 30.3 Å². The van der Waals surface area contributed by atoms with E-state index in [4.69, 9.17) is 4.74 Å². The van der Waals surface area contributed by atoms with Crippen LogP contribution >= 0.6 is 0 Å². The van der Waals surface area contributed by atoms with E-state index in [1.54, 1.807) is 7.11 Å². The number of rotatable bonds is 6. The van der Waals surface area contributed by atoms with Gasteiger partial charge in [-0.25, -0.2) is 0 Å². The van der Waals surface area contributed by atoms with E-state index in [1.165, 1.54) is 0 Å². The third-order valence-corrected chi connectivity index (χ3v) is 4.15. The molecule has 5 heteroatoms. The molecule has 1 amide bonds. The van der Waals surface area contributed by atoms with Gasteiger partial charge in [0, 0.05) is 7.11 Å². The van der Waals surface area contributed by atoms with Gasteiger partial charge in [-0.3, -0.25) is 4.79 Å². The lowest BCUT2D eigenvalue weighted by molar-refractivity contribution is -0.137. The molecule has 1 aliphatic rings. The molecule has 1 heterocycles. The van der Waals surface area contributed by atoms with Gasteiger partial charge in [-0.05, 0) is 31.5 Å². The van der Waals surface area contributed by atoms with E-state index in [9.17, 15) is 9.90 Å². The van der Waals surface area contributed by atoms with Gasteiger partial charge in [-0.2, -0.15) is 0 Å². The summed E-state index contributed by atoms with van der Waals surface area (Å²) in [5.41, 5.74) is 0.414. The van der Waals surface area contributed by atoms with Gasteiger partial charge in [-0.1, -0.05) is 30.3 Å². The van der Waals surface area contributed by atoms with Gasteiger partial charge in [-0.15, -0.1) is 0 Å². The molecule has 1 aromatic rings. The number of ether oxygens (including phenoxy) is 1. The highest BCUT2D eigenvalue weighted by Gasteiger charge is 2.40. The minimum absolute atomic E-state index is 0.0336. The predicted molar refractivity (Wildman–Crippen MR) is 80.8 cm³/mol. The quantitative estimate of drug-likeness (QED) is 0.727. The summed E-state index contributed by atoms with van der Waals surface area (Å²) in [6, 6.07) is 9.17. The predicted octanol–water partition coefficient (Wildman–Crippen LogP) is 0.852. The number of carbonyl (C=O) groups is 1. The molecule has 1 aromatic carbocycles. The Morgan fingerprint density at radius 1 is 1.38 bits per heavy atom. The minimum Gasteiger partial charge on any atom is -0.394 e. The zero-order chi connectivity index (χ0) is 15.1. The number of piperidine rings is 1. The minimum atomic E-state index is -0.498. The highest BCUT2D eigenvalue weighted by molar-refractivity contribution is 5.83. The van der Waals surface area contributed by atoms with Crippen molar-refractivity contribution in [2.24, 2.45) is 5.41 Å². The standard InChI is InChI=1S/C16H24N2O3/c1-21-12-16(7-9-17-10-8-16)15(20)18-14(11-19)13-5-3-2-4-6-13/h2-6,14,17,19H,7-12H2,1H3,(H,18,20)/t14-/m0/s1. The zero-order valence-electron chi connectivity index (χ0n) is 12.5. The number of amides is 1. The molecule has 0 aliphatic carbocycles. The van der Waals surface area contributed by atoms with Gasteiger partial charge < -0.3 is 20.5 Å². The monoisotopic (exact) mass is 292 g/mol. The van der Waals surface area contributed by atoms with Crippen LogP contribution in [0.3, 0.4) is 0 Å². The summed E-state index contributed by atoms with van der Waals surface area (Å²) >= 11 is 0. The van der Waals surface area contributed by atoms with Gasteiger partial charge in [0.05, 0.1) is 24.7 Å². The van der Waals surface area contributed by atoms with Crippen molar-refractivity contribution in [2.75, 3.05) is 33.4 Å². The van der Waals surface area contributed by atoms with E-state index < -0.39 is 5.41 Å². The molecule has 5 nitrogen and oxygen atoms in total. The van der Waals surface area contributed by atoms with Crippen molar-refractivity contribution in [3.05, 3.63) is 35.9 Å². The average molecular weight is 292 g/mol. The third-order valence-electron chi connectivity index (χ3n) is 4.15. The van der Waals surface area contributed by atoms with Crippen molar-refractivity contribution in [1.82, 2.24) is 10.6 Å². The number of hydrogen-bond acceptors (Lipinski definition) is 4. The van der Waals surface area contributed by atoms with E-state index in [0.717, 1.165) is 31.5 Å². The molecule has 0 saturated carbocycles. The third kappa shape index (κ3) is 3.81. The first-order valence-electron chi connectivity index (χ1n) is 7.38. The van der Waals surface area contributed by atoms with Crippen LogP contribution in [0, 0.1) is 5.41 Å². The second kappa shape index (κ2) is 7.54. The summed E-state index contributed by atoms with van der Waals surface area (Å²) in [6.07, 6.45) is 1.50. The first kappa shape index (κ1) is 15.9. The van der Waals surface area contributed by atoms with Crippen LogP contribution in [0.25, 0.3) is 0 Å². The Labute approximate surface area is 125 Å². The van der Waals surface area contributed by atoms with E-state index in [-0.39, 0.29) is 18.6 Å². The fourth-order valence-electron chi connectivity index (χ4n) is 2.85. The zero-order valence-corrected chi connectivity index (χ0v) is 12.5. The van der Waals surface area contributed by atoms with Gasteiger partial charge >= 0.3 is 0 Å². The molecular formula is C16H24N2O3. The molecule has 2 rings (SSSR count). The van der Waals surface area contributed by atoms with Crippen molar-refractivity contribution >= 4 is 5.91 Å². The van der Waals surface area contributed by atoms with Crippen molar-refractivity contribution in [3.63, 3.8) is 0 Å². The molecular weight excluding hydrogens is 268 g/mol. The Balaban J connectivity index is 2.10. The molecule has 116 valence electrons. The fraction of sp³-hybridized carbons (Fsp3) is 0.562. The van der Waals surface area contributed by atoms with Gasteiger partial charge in [0.15, 0.2) is 0 Å². The number of aliphatic hydroxyl groups excluding tert-OH is 1. The Morgan fingerprint density at radius 2 is 2.05 bits per heavy atom. The van der Waals surface area contributed by atoms with Gasteiger partial charge in [0.2, 0.25) is 5.91 Å². The molecule has 1 fully saturated rings. The summed E-state index contributed by atoms with van der Waals surface area (Å²) in [5, 5.41) is 15.8. The van der Waals surface area contributed by atoms with E-state index >= 15 is 0 Å². The SMILES string of the molecule is COCC1(C(=O)N[C@@H](CO)c2ccccc2)CCNCC1. The van der Waals surface area contributed by atoms with Crippen molar-refractivity contribution in [2.45, 2.75) is 18.9 Å². The lowest BCUT2D eigenvalue weighted by Gasteiger charge is -2.36. The maximum absolute atomic E-state index is 12.7. The number of nitrogens with one attached hydrogen (secondary N) is 2. The number of hydrogen-bond donors (Lipinski definition) is 3. The van der Waals surface area contributed by atoms with Crippen molar-refractivity contribution < 1.29 is 14.6 Å². The topological polar surface area (TPSA) is 70.6 Å². The molecule has 21 heavy (non-hydrogen) atoms. The van der Waals surface area contributed by atoms with Crippen LogP contribution in [0.5, 0.6) is 0 Å². The van der Waals surface area contributed by atoms with Crippen molar-refractivity contribution in [3.8, 4) is 0 Å². The summed E-state index contributed by atoms with van der Waals surface area (Å²) in [4.78, 5) is 12.7. The molecule has 1 saturated heterocycles. The van der Waals surface area contributed by atoms with Crippen LogP contribution in [-0.2, 0) is 9.53 Å². The summed E-state index contributed by atoms with van der Waals surface area (Å²) in [7, 11) is 1.62. The van der Waals surface area contributed by atoms with Gasteiger partial charge in [0.25, 0.3) is 0 Å². The normalized spacial score (nSPS) is 19.0. The number of aliphatic hydroxyl groups is 1. The number of carbonyl (C=O) groups excluding carboxylic acids is 1. The molecule has 0 unspecified atom stereocenters. The molecule has 1 atom stereocenters.